The summed E-state index contributed by atoms with van der Waals surface area (Å²) in [5.41, 5.74) is 1.79. The molecule has 1 amide bonds. The van der Waals surface area contributed by atoms with E-state index in [1.807, 2.05) is 37.4 Å². The van der Waals surface area contributed by atoms with Crippen molar-refractivity contribution in [2.45, 2.75) is 17.4 Å². The predicted octanol–water partition coefficient (Wildman–Crippen LogP) is 1.99. The molecule has 28 heavy (non-hydrogen) atoms. The third kappa shape index (κ3) is 4.43. The van der Waals surface area contributed by atoms with Crippen molar-refractivity contribution in [2.75, 3.05) is 40.8 Å². The third-order valence-electron chi connectivity index (χ3n) is 5.10. The van der Waals surface area contributed by atoms with Crippen LogP contribution >= 0.6 is 0 Å². The molecule has 0 saturated carbocycles. The number of nitrogens with zero attached hydrogens (tertiary/aromatic N) is 3. The van der Waals surface area contributed by atoms with Gasteiger partial charge in [-0.3, -0.25) is 4.79 Å². The van der Waals surface area contributed by atoms with E-state index in [1.165, 1.54) is 4.90 Å². The fraction of sp³-hybridized carbons (Fsp3) is 0.381. The second-order valence-corrected chi connectivity index (χ2v) is 9.30. The second-order valence-electron chi connectivity index (χ2n) is 7.41. The highest BCUT2D eigenvalue weighted by Crippen LogP contribution is 2.30. The summed E-state index contributed by atoms with van der Waals surface area (Å²) < 4.78 is 28.3. The van der Waals surface area contributed by atoms with Crippen LogP contribution in [0.25, 0.3) is 0 Å². The van der Waals surface area contributed by atoms with Crippen LogP contribution in [0.15, 0.2) is 59.5 Å². The van der Waals surface area contributed by atoms with E-state index in [4.69, 9.17) is 0 Å². The van der Waals surface area contributed by atoms with Crippen LogP contribution in [0.3, 0.4) is 0 Å². The Morgan fingerprint density at radius 1 is 1.04 bits per heavy atom. The molecule has 0 aliphatic carbocycles. The monoisotopic (exact) mass is 401 g/mol. The van der Waals surface area contributed by atoms with Crippen molar-refractivity contribution < 1.29 is 13.2 Å². The summed E-state index contributed by atoms with van der Waals surface area (Å²) in [6.07, 6.45) is 0.258. The van der Waals surface area contributed by atoms with E-state index in [-0.39, 0.29) is 23.3 Å². The fourth-order valence-electron chi connectivity index (χ4n) is 3.38. The van der Waals surface area contributed by atoms with Gasteiger partial charge in [0.15, 0.2) is 0 Å². The Hall–Kier alpha value is -2.22. The van der Waals surface area contributed by atoms with E-state index in [2.05, 4.69) is 4.90 Å². The van der Waals surface area contributed by atoms with Crippen molar-refractivity contribution in [2.24, 2.45) is 0 Å². The first-order chi connectivity index (χ1) is 13.3. The summed E-state index contributed by atoms with van der Waals surface area (Å²) in [4.78, 5) is 15.8. The number of rotatable bonds is 5. The van der Waals surface area contributed by atoms with Gasteiger partial charge >= 0.3 is 0 Å². The van der Waals surface area contributed by atoms with Gasteiger partial charge in [-0.2, -0.15) is 4.31 Å². The largest absolute Gasteiger partial charge is 0.349 e. The highest BCUT2D eigenvalue weighted by Gasteiger charge is 2.36. The molecule has 0 spiro atoms. The summed E-state index contributed by atoms with van der Waals surface area (Å²) >= 11 is 0. The van der Waals surface area contributed by atoms with E-state index in [1.54, 1.807) is 42.7 Å². The van der Waals surface area contributed by atoms with Gasteiger partial charge in [0.1, 0.15) is 0 Å². The van der Waals surface area contributed by atoms with Gasteiger partial charge in [0.25, 0.3) is 0 Å². The maximum atomic E-state index is 13.4. The first-order valence-electron chi connectivity index (χ1n) is 9.33. The summed E-state index contributed by atoms with van der Waals surface area (Å²) in [5.74, 6) is -0.0150. The number of sulfonamides is 1. The number of hydrogen-bond donors (Lipinski definition) is 0. The lowest BCUT2D eigenvalue weighted by molar-refractivity contribution is -0.127. The molecule has 0 bridgehead atoms. The zero-order valence-electron chi connectivity index (χ0n) is 16.6. The number of carbonyl (C=O) groups excluding carboxylic acids is 1. The topological polar surface area (TPSA) is 60.9 Å². The molecule has 1 saturated heterocycles. The summed E-state index contributed by atoms with van der Waals surface area (Å²) in [7, 11) is 1.79. The number of likely N-dealkylation sites (N-methyl/N-ethyl adjacent to an activating group) is 2. The SMILES string of the molecule is CN1CCN(S(=O)(=O)c2ccc(CC(=O)N(C)C)cc2)C(c2ccccc2)C1. The highest BCUT2D eigenvalue weighted by atomic mass is 32.2. The normalized spacial score (nSPS) is 18.8. The van der Waals surface area contributed by atoms with Gasteiger partial charge in [-0.25, -0.2) is 8.42 Å². The van der Waals surface area contributed by atoms with Crippen molar-refractivity contribution in [1.82, 2.24) is 14.1 Å². The van der Waals surface area contributed by atoms with E-state index >= 15 is 0 Å². The summed E-state index contributed by atoms with van der Waals surface area (Å²) in [5, 5.41) is 0. The van der Waals surface area contributed by atoms with Crippen molar-refractivity contribution in [3.05, 3.63) is 65.7 Å². The first kappa shape index (κ1) is 20.5. The number of hydrogen-bond acceptors (Lipinski definition) is 4. The average molecular weight is 402 g/mol. The molecule has 0 radical (unpaired) electrons. The van der Waals surface area contributed by atoms with Gasteiger partial charge in [0.2, 0.25) is 15.9 Å². The molecule has 1 aliphatic rings. The van der Waals surface area contributed by atoms with Crippen LogP contribution < -0.4 is 0 Å². The molecule has 150 valence electrons. The van der Waals surface area contributed by atoms with Crippen LogP contribution in [-0.4, -0.2) is 69.2 Å². The van der Waals surface area contributed by atoms with Gasteiger partial charge in [-0.1, -0.05) is 42.5 Å². The summed E-state index contributed by atoms with van der Waals surface area (Å²) in [6, 6.07) is 16.2. The van der Waals surface area contributed by atoms with E-state index in [0.717, 1.165) is 11.1 Å². The Bertz CT molecular complexity index is 912. The van der Waals surface area contributed by atoms with Crippen LogP contribution in [0.2, 0.25) is 0 Å². The van der Waals surface area contributed by atoms with Crippen LogP contribution in [-0.2, 0) is 21.2 Å². The van der Waals surface area contributed by atoms with E-state index in [0.29, 0.717) is 19.6 Å². The molecule has 2 aromatic rings. The number of piperazine rings is 1. The lowest BCUT2D eigenvalue weighted by Gasteiger charge is -2.39. The van der Waals surface area contributed by atoms with E-state index < -0.39 is 10.0 Å². The summed E-state index contributed by atoms with van der Waals surface area (Å²) in [6.45, 7) is 1.79. The molecule has 1 atom stereocenters. The van der Waals surface area contributed by atoms with Crippen LogP contribution in [0, 0.1) is 0 Å². The molecular formula is C21H27N3O3S. The van der Waals surface area contributed by atoms with Crippen molar-refractivity contribution in [1.29, 1.82) is 0 Å². The quantitative estimate of drug-likeness (QED) is 0.769. The van der Waals surface area contributed by atoms with Gasteiger partial charge in [0, 0.05) is 33.7 Å². The second kappa shape index (κ2) is 8.43. The van der Waals surface area contributed by atoms with Crippen molar-refractivity contribution in [3.63, 3.8) is 0 Å². The van der Waals surface area contributed by atoms with Gasteiger partial charge in [-0.15, -0.1) is 0 Å². The number of carbonyl (C=O) groups is 1. The predicted molar refractivity (Wildman–Crippen MR) is 109 cm³/mol. The molecule has 7 heteroatoms. The molecule has 3 rings (SSSR count). The minimum atomic E-state index is -3.63. The fourth-order valence-corrected chi connectivity index (χ4v) is 4.98. The van der Waals surface area contributed by atoms with Gasteiger partial charge in [0.05, 0.1) is 17.4 Å². The van der Waals surface area contributed by atoms with Crippen LogP contribution in [0.4, 0.5) is 0 Å². The molecule has 1 unspecified atom stereocenters. The minimum Gasteiger partial charge on any atom is -0.349 e. The molecule has 0 aromatic heterocycles. The molecule has 1 fully saturated rings. The lowest BCUT2D eigenvalue weighted by atomic mass is 10.1. The molecule has 1 heterocycles. The van der Waals surface area contributed by atoms with Gasteiger partial charge < -0.3 is 9.80 Å². The number of amides is 1. The van der Waals surface area contributed by atoms with Crippen molar-refractivity contribution >= 4 is 15.9 Å². The van der Waals surface area contributed by atoms with Crippen LogP contribution in [0.5, 0.6) is 0 Å². The zero-order chi connectivity index (χ0) is 20.3. The Balaban J connectivity index is 1.87. The zero-order valence-corrected chi connectivity index (χ0v) is 17.4. The third-order valence-corrected chi connectivity index (χ3v) is 7.03. The maximum absolute atomic E-state index is 13.4. The Labute approximate surface area is 167 Å². The highest BCUT2D eigenvalue weighted by molar-refractivity contribution is 7.89. The number of benzene rings is 2. The molecule has 1 aliphatic heterocycles. The van der Waals surface area contributed by atoms with Crippen molar-refractivity contribution in [3.8, 4) is 0 Å². The van der Waals surface area contributed by atoms with Crippen LogP contribution in [0.1, 0.15) is 17.2 Å². The van der Waals surface area contributed by atoms with E-state index in [9.17, 15) is 13.2 Å². The Morgan fingerprint density at radius 3 is 2.29 bits per heavy atom. The smallest absolute Gasteiger partial charge is 0.243 e. The molecule has 2 aromatic carbocycles. The van der Waals surface area contributed by atoms with Gasteiger partial charge in [-0.05, 0) is 30.3 Å². The molecule has 0 N–H and O–H groups in total. The lowest BCUT2D eigenvalue weighted by Crippen LogP contribution is -2.49. The first-order valence-corrected chi connectivity index (χ1v) is 10.8. The average Bonchev–Trinajstić information content (AvgIpc) is 2.68. The Morgan fingerprint density at radius 2 is 1.68 bits per heavy atom. The maximum Gasteiger partial charge on any atom is 0.243 e. The molecule has 6 nitrogen and oxygen atoms in total. The molecular weight excluding hydrogens is 374 g/mol. The minimum absolute atomic E-state index is 0.0150. The standard InChI is InChI=1S/C21H27N3O3S/c1-22(2)21(25)15-17-9-11-19(12-10-17)28(26,27)24-14-13-23(3)16-20(24)18-7-5-4-6-8-18/h4-12,20H,13-16H2,1-3H3. The Kier molecular flexibility index (Phi) is 6.17.